The number of hydroxylamine groups is 4. The van der Waals surface area contributed by atoms with E-state index < -0.39 is 54.3 Å². The van der Waals surface area contributed by atoms with Crippen molar-refractivity contribution in [2.75, 3.05) is 101 Å². The molecule has 3 aromatic carbocycles. The molecule has 23 nitrogen and oxygen atoms in total. The molecule has 6 fully saturated rings. The maximum Gasteiger partial charge on any atom is 0.328 e. The number of nitrogens with one attached hydrogen (secondary N) is 3. The summed E-state index contributed by atoms with van der Waals surface area (Å²) in [6.45, 7) is 35.5. The van der Waals surface area contributed by atoms with Crippen LogP contribution in [0, 0.1) is 95.7 Å². The van der Waals surface area contributed by atoms with Crippen LogP contribution >= 0.6 is 0 Å². The number of aliphatic hydroxyl groups excluding tert-OH is 4. The van der Waals surface area contributed by atoms with Crippen LogP contribution in [0.25, 0.3) is 16.7 Å². The van der Waals surface area contributed by atoms with Gasteiger partial charge in [-0.05, 0) is 196 Å². The van der Waals surface area contributed by atoms with Gasteiger partial charge in [0.1, 0.15) is 35.8 Å². The predicted molar refractivity (Wildman–Crippen MR) is 442 cm³/mol. The number of carboxylic acid groups (broad SMARTS) is 1. The normalized spacial score (nSPS) is 25.5. The van der Waals surface area contributed by atoms with E-state index in [1.165, 1.54) is 12.5 Å². The number of likely N-dealkylation sites (N-methyl/N-ethyl adjacent to an activating group) is 3. The Labute approximate surface area is 692 Å². The van der Waals surface area contributed by atoms with Crippen LogP contribution < -0.4 is 36.1 Å². The Balaban J connectivity index is 0.000000413. The Hall–Kier alpha value is -5.36. The molecule has 6 aliphatic rings. The summed E-state index contributed by atoms with van der Waals surface area (Å²) in [7, 11) is 19.5. The maximum absolute atomic E-state index is 14.3. The number of allylic oxidation sites excluding steroid dienone is 3. The number of anilines is 1. The number of benzene rings is 3. The number of aliphatic hydroxyl groups is 4. The van der Waals surface area contributed by atoms with Crippen molar-refractivity contribution < 1.29 is 95.0 Å². The zero-order chi connectivity index (χ0) is 83.2. The predicted octanol–water partition coefficient (Wildman–Crippen LogP) is 9.69. The van der Waals surface area contributed by atoms with Crippen LogP contribution in [0.15, 0.2) is 85.1 Å². The summed E-state index contributed by atoms with van der Waals surface area (Å²) in [4.78, 5) is 74.2. The summed E-state index contributed by atoms with van der Waals surface area (Å²) in [6.07, 6.45) is 8.24. The number of carboxylic acids is 1. The molecular weight excluding hydrogens is 1630 g/mol. The number of aliphatic carboxylic acids is 1. The fourth-order valence-corrected chi connectivity index (χ4v) is 17.1. The number of carbonyl (C=O) groups excluding carboxylic acids is 3. The van der Waals surface area contributed by atoms with Crippen LogP contribution in [0.3, 0.4) is 0 Å². The van der Waals surface area contributed by atoms with E-state index in [-0.39, 0.29) is 98.7 Å². The molecule has 2 saturated heterocycles. The van der Waals surface area contributed by atoms with Crippen molar-refractivity contribution in [3.63, 3.8) is 0 Å². The van der Waals surface area contributed by atoms with Gasteiger partial charge in [-0.3, -0.25) is 24.1 Å². The second-order valence-electron chi connectivity index (χ2n) is 34.3. The second-order valence-corrected chi connectivity index (χ2v) is 34.3. The molecule has 9 rings (SSSR count). The average Bonchev–Trinajstić information content (AvgIpc) is 0.966. The zero-order valence-electron chi connectivity index (χ0n) is 72.1. The minimum atomic E-state index is -1.09. The standard InChI is InChI=1S/C43H69N5O6.C35H51N3O7.C8H20N2.BH.U/c1-12-53-41-31(23-48-40(39(29(7)50)38(25-49)54-48)43(52)45-37-22-30(27(4)5)17-16-28(37)6)14-13-15-36(41)32-19-33(21-35(20-32)47(10)11)42(51)44-34(18-26(2)3)24-46(8)9;1-9-44-33-24(11-10-12-26(33)23(13-14-30(41)42)15-20(2)37(7)8)18-38-32(31(22(4)40)29(19-39)45-38)34(43)36-28-17-25-16-27(21(28)3)35(25,5)6;1-7(2)5-8(9)6-10(3)4;;/h13-15,19-21,26-30,34,37-40,49-50H,12,16-18,22-25H2,1-11H3,(H,44,51)(H,45,52);10-15,21-22,25,27-29,31-32,39-40H,2,9,16-19H2,1,3-8H3,(H,36,43)(H,41,42);7-8H,5-6,9H2,1-4H3;1H;/b;14-13+,23-15+;;;/t28-,29-,30+,34+,37-,38-,39+,40-;21-,22-,25+,27-,28-,29-,31+,32-;8-;;/m001../s1/i;;;1T;. The number of nitrogens with two attached hydrogens (primary N) is 1. The fraction of sp³-hybridized carbons (Fsp3) is 0.674. The maximum atomic E-state index is 14.3. The summed E-state index contributed by atoms with van der Waals surface area (Å²) in [5.74, 6) is 2.18. The minimum Gasteiger partial charge on any atom is -0.493 e. The van der Waals surface area contributed by atoms with Gasteiger partial charge >= 0.3 is 5.97 Å². The Morgan fingerprint density at radius 3 is 1.73 bits per heavy atom. The SMILES string of the molecule is C=C(/C=C(\C=C\C(=O)O)c1cccc(CN2O[C@@H](CO)[C@@H]([C@H](C)O)[C@H]2C(=O)N[C@H]2C[C@H]3C[C@@H]([C@@H]2C)C3(C)C)c1OCC)N(C)C.CC(C)C[C@@H](N)CN(C)C.CCOc1c(CN2O[C@@H](CO)[C@@H]([C@H](C)O)[C@H]2C(=O)N[C@H]2C[C@H](C(C)C)CC[C@@H]2C)cccc1-c1cc(C(=O)N[C@H](CC(C)C)CN(C)C)cc(N(C)C)c1.[3H][B].[U]. The van der Waals surface area contributed by atoms with Crippen LogP contribution in [-0.2, 0) is 37.1 Å². The molecule has 17 atom stereocenters. The van der Waals surface area contributed by atoms with Gasteiger partial charge in [-0.1, -0.05) is 112 Å². The molecule has 4 saturated carbocycles. The molecule has 4 aliphatic carbocycles. The van der Waals surface area contributed by atoms with E-state index in [0.717, 1.165) is 86.0 Å². The van der Waals surface area contributed by atoms with Crippen molar-refractivity contribution in [2.24, 2.45) is 70.3 Å². The molecule has 620 valence electrons. The summed E-state index contributed by atoms with van der Waals surface area (Å²) in [5.41, 5.74) is 12.6. The zero-order valence-corrected chi connectivity index (χ0v) is 75.3. The number of ether oxygens (including phenoxy) is 2. The summed E-state index contributed by atoms with van der Waals surface area (Å²) >= 11 is 0. The number of hydrogen-bond acceptors (Lipinski definition) is 19. The van der Waals surface area contributed by atoms with E-state index in [0.29, 0.717) is 100 Å². The molecule has 3 aromatic rings. The molecule has 2 radical (unpaired) electrons. The monoisotopic (exact) mass is 1770 g/mol. The number of hydrogen-bond donors (Lipinski definition) is 9. The third-order valence-electron chi connectivity index (χ3n) is 23.0. The van der Waals surface area contributed by atoms with Gasteiger partial charge in [0.25, 0.3) is 5.91 Å². The molecule has 2 bridgehead atoms. The molecule has 0 aromatic heterocycles. The van der Waals surface area contributed by atoms with E-state index in [1.54, 1.807) is 30.0 Å². The van der Waals surface area contributed by atoms with Crippen molar-refractivity contribution in [2.45, 2.75) is 216 Å². The number of nitrogens with zero attached hydrogens (tertiary/aromatic N) is 6. The van der Waals surface area contributed by atoms with Gasteiger partial charge in [-0.2, -0.15) is 10.1 Å². The Morgan fingerprint density at radius 2 is 1.26 bits per heavy atom. The van der Waals surface area contributed by atoms with Crippen LogP contribution in [0.5, 0.6) is 11.5 Å². The Kier molecular flexibility index (Phi) is 39.2. The molecule has 3 amide bonds. The van der Waals surface area contributed by atoms with Gasteiger partial charge in [0.05, 0.1) is 51.7 Å². The molecule has 25 heteroatoms. The molecule has 111 heavy (non-hydrogen) atoms. The van der Waals surface area contributed by atoms with Gasteiger partial charge in [-0.25, -0.2) is 4.79 Å². The molecule has 0 unspecified atom stereocenters. The van der Waals surface area contributed by atoms with Crippen molar-refractivity contribution in [3.8, 4) is 22.6 Å². The number of fused-ring (bicyclic) bond motifs is 2. The van der Waals surface area contributed by atoms with E-state index >= 15 is 0 Å². The third-order valence-corrected chi connectivity index (χ3v) is 23.0. The summed E-state index contributed by atoms with van der Waals surface area (Å²) in [5, 5.41) is 64.9. The van der Waals surface area contributed by atoms with Gasteiger partial charge in [0.15, 0.2) is 0 Å². The second kappa shape index (κ2) is 45.2. The van der Waals surface area contributed by atoms with Crippen molar-refractivity contribution >= 4 is 43.3 Å². The number of rotatable bonds is 34. The first kappa shape index (κ1) is 96.2. The molecular formula is C86H141BN10O13U. The van der Waals surface area contributed by atoms with Crippen LogP contribution in [0.4, 0.5) is 5.69 Å². The van der Waals surface area contributed by atoms with Crippen LogP contribution in [0.2, 0.25) is 0 Å². The molecule has 2 aliphatic heterocycles. The molecule has 10 N–H and O–H groups in total. The van der Waals surface area contributed by atoms with E-state index in [1.807, 2.05) is 121 Å². The van der Waals surface area contributed by atoms with Crippen LogP contribution in [0.1, 0.15) is 169 Å². The van der Waals surface area contributed by atoms with E-state index in [9.17, 15) is 44.7 Å². The van der Waals surface area contributed by atoms with Crippen LogP contribution in [-0.4, -0.2) is 240 Å². The van der Waals surface area contributed by atoms with Crippen molar-refractivity contribution in [1.82, 2.24) is 40.8 Å². The first-order valence-electron chi connectivity index (χ1n) is 40.6. The largest absolute Gasteiger partial charge is 0.493 e. The van der Waals surface area contributed by atoms with E-state index in [2.05, 4.69) is 124 Å². The number of carbonyl (C=O) groups is 4. The first-order valence-corrected chi connectivity index (χ1v) is 40.0. The van der Waals surface area contributed by atoms with Crippen molar-refractivity contribution in [3.05, 3.63) is 107 Å². The van der Waals surface area contributed by atoms with Gasteiger partial charge < -0.3 is 76.3 Å². The minimum absolute atomic E-state index is 0. The van der Waals surface area contributed by atoms with Gasteiger partial charge in [-0.15, -0.1) is 0 Å². The number of amides is 3. The van der Waals surface area contributed by atoms with Gasteiger partial charge in [0.2, 0.25) is 11.8 Å². The molecule has 0 spiro atoms. The summed E-state index contributed by atoms with van der Waals surface area (Å²) < 4.78 is 17.8. The molecule has 2 heterocycles. The summed E-state index contributed by atoms with van der Waals surface area (Å²) in [6, 6.07) is 16.0. The first-order chi connectivity index (χ1) is 52.3. The quantitative estimate of drug-likeness (QED) is 0.0153. The van der Waals surface area contributed by atoms with E-state index in [4.69, 9.17) is 26.2 Å². The Bertz CT molecular complexity index is 3490. The average molecular weight is 1770 g/mol. The third kappa shape index (κ3) is 26.8. The number of para-hydroxylation sites is 2. The van der Waals surface area contributed by atoms with Crippen molar-refractivity contribution in [1.29, 1.82) is 1.34 Å². The fourth-order valence-electron chi connectivity index (χ4n) is 17.1. The Morgan fingerprint density at radius 1 is 0.730 bits per heavy atom. The smallest absolute Gasteiger partial charge is 0.328 e. The van der Waals surface area contributed by atoms with Gasteiger partial charge in [0, 0.05) is 162 Å². The topological polar surface area (TPSA) is 288 Å².